The van der Waals surface area contributed by atoms with Gasteiger partial charge in [-0.05, 0) is 19.1 Å². The maximum absolute atomic E-state index is 15.0. The van der Waals surface area contributed by atoms with Crippen LogP contribution in [0.15, 0.2) is 36.8 Å². The minimum absolute atomic E-state index is 0.0327. The fourth-order valence-electron chi connectivity index (χ4n) is 5.03. The van der Waals surface area contributed by atoms with Crippen LogP contribution in [0.3, 0.4) is 0 Å². The van der Waals surface area contributed by atoms with Gasteiger partial charge in [0, 0.05) is 48.6 Å². The quantitative estimate of drug-likeness (QED) is 0.319. The second-order valence-corrected chi connectivity index (χ2v) is 9.64. The number of likely N-dealkylation sites (tertiary alicyclic amines) is 1. The van der Waals surface area contributed by atoms with Crippen LogP contribution in [0.1, 0.15) is 34.5 Å². The fourth-order valence-corrected chi connectivity index (χ4v) is 5.03. The molecule has 0 radical (unpaired) electrons. The molecular weight excluding hydrogens is 575 g/mol. The number of carbonyl (C=O) groups excluding carboxylic acids is 1. The van der Waals surface area contributed by atoms with Gasteiger partial charge in [-0.1, -0.05) is 0 Å². The molecular formula is C26H22F7N7O2. The molecule has 1 unspecified atom stereocenters. The molecule has 3 atom stereocenters. The third-order valence-electron chi connectivity index (χ3n) is 7.08. The van der Waals surface area contributed by atoms with Crippen molar-refractivity contribution in [2.24, 2.45) is 0 Å². The number of nitrogens with one attached hydrogen (secondary N) is 1. The Kier molecular flexibility index (Phi) is 7.42. The molecule has 42 heavy (non-hydrogen) atoms. The van der Waals surface area contributed by atoms with Crippen molar-refractivity contribution in [2.45, 2.75) is 31.4 Å². The number of nitrogens with two attached hydrogens (primary N) is 1. The van der Waals surface area contributed by atoms with Crippen LogP contribution in [-0.4, -0.2) is 62.8 Å². The second kappa shape index (κ2) is 10.7. The Balaban J connectivity index is 1.43. The summed E-state index contributed by atoms with van der Waals surface area (Å²) in [5.74, 6) is -4.84. The van der Waals surface area contributed by atoms with Crippen molar-refractivity contribution >= 4 is 17.2 Å². The third-order valence-corrected chi connectivity index (χ3v) is 7.08. The van der Waals surface area contributed by atoms with Crippen molar-refractivity contribution in [1.82, 2.24) is 29.8 Å². The number of pyridine rings is 1. The van der Waals surface area contributed by atoms with Crippen LogP contribution >= 0.6 is 0 Å². The molecule has 0 saturated carbocycles. The first-order valence-electron chi connectivity index (χ1n) is 12.4. The van der Waals surface area contributed by atoms with Gasteiger partial charge in [0.1, 0.15) is 41.0 Å². The SMILES string of the molecule is COc1ncc(-c2cc(C(F)(F)F)c3c(N)ncnn23)cc1C(=O)N[C@@H]1CN(C(C)c2c(F)cc(F)cc2F)C[C@@H]1F. The Morgan fingerprint density at radius 2 is 1.81 bits per heavy atom. The normalized spacial score (nSPS) is 18.4. The molecule has 1 fully saturated rings. The number of alkyl halides is 4. The fraction of sp³-hybridized carbons (Fsp3) is 0.308. The van der Waals surface area contributed by atoms with Crippen LogP contribution in [0.4, 0.5) is 36.6 Å². The van der Waals surface area contributed by atoms with E-state index < -0.39 is 70.3 Å². The summed E-state index contributed by atoms with van der Waals surface area (Å²) in [7, 11) is 1.21. The van der Waals surface area contributed by atoms with Crippen LogP contribution in [0.2, 0.25) is 0 Å². The minimum atomic E-state index is -4.80. The number of rotatable bonds is 6. The lowest BCUT2D eigenvalue weighted by molar-refractivity contribution is -0.136. The number of nitrogens with zero attached hydrogens (tertiary/aromatic N) is 5. The maximum atomic E-state index is 15.0. The van der Waals surface area contributed by atoms with Crippen molar-refractivity contribution < 1.29 is 40.3 Å². The summed E-state index contributed by atoms with van der Waals surface area (Å²) < 4.78 is 104. The lowest BCUT2D eigenvalue weighted by atomic mass is 10.1. The molecule has 0 spiro atoms. The molecule has 4 heterocycles. The minimum Gasteiger partial charge on any atom is -0.480 e. The average molecular weight is 597 g/mol. The van der Waals surface area contributed by atoms with Gasteiger partial charge in [-0.3, -0.25) is 9.69 Å². The topological polar surface area (TPSA) is 111 Å². The Hall–Kier alpha value is -4.47. The van der Waals surface area contributed by atoms with Crippen LogP contribution in [0.25, 0.3) is 16.8 Å². The molecule has 3 aromatic heterocycles. The van der Waals surface area contributed by atoms with E-state index in [4.69, 9.17) is 10.5 Å². The van der Waals surface area contributed by atoms with Gasteiger partial charge >= 0.3 is 6.18 Å². The number of hydrogen-bond donors (Lipinski definition) is 2. The third kappa shape index (κ3) is 5.17. The second-order valence-electron chi connectivity index (χ2n) is 9.64. The van der Waals surface area contributed by atoms with E-state index in [1.807, 2.05) is 0 Å². The molecule has 0 aliphatic carbocycles. The van der Waals surface area contributed by atoms with Gasteiger partial charge in [0.25, 0.3) is 5.91 Å². The Labute approximate surface area is 233 Å². The predicted molar refractivity (Wildman–Crippen MR) is 135 cm³/mol. The Bertz CT molecular complexity index is 1650. The molecule has 1 aromatic carbocycles. The summed E-state index contributed by atoms with van der Waals surface area (Å²) in [4.78, 5) is 22.3. The van der Waals surface area contributed by atoms with Crippen molar-refractivity contribution in [3.8, 4) is 17.1 Å². The van der Waals surface area contributed by atoms with Crippen LogP contribution < -0.4 is 15.8 Å². The van der Waals surface area contributed by atoms with Crippen molar-refractivity contribution in [3.63, 3.8) is 0 Å². The Morgan fingerprint density at radius 3 is 2.45 bits per heavy atom. The molecule has 1 aliphatic heterocycles. The first-order valence-corrected chi connectivity index (χ1v) is 12.4. The molecule has 16 heteroatoms. The number of amides is 1. The summed E-state index contributed by atoms with van der Waals surface area (Å²) in [6.45, 7) is 0.962. The molecule has 0 bridgehead atoms. The molecule has 1 amide bonds. The van der Waals surface area contributed by atoms with E-state index in [2.05, 4.69) is 20.4 Å². The van der Waals surface area contributed by atoms with Gasteiger partial charge in [-0.25, -0.2) is 32.0 Å². The number of aromatic nitrogens is 4. The largest absolute Gasteiger partial charge is 0.480 e. The van der Waals surface area contributed by atoms with Gasteiger partial charge in [-0.2, -0.15) is 18.3 Å². The van der Waals surface area contributed by atoms with Crippen LogP contribution in [0.5, 0.6) is 5.88 Å². The lowest BCUT2D eigenvalue weighted by Crippen LogP contribution is -2.41. The number of ether oxygens (including phenoxy) is 1. The highest BCUT2D eigenvalue weighted by molar-refractivity contribution is 5.98. The summed E-state index contributed by atoms with van der Waals surface area (Å²) >= 11 is 0. The van der Waals surface area contributed by atoms with Gasteiger partial charge in [-0.15, -0.1) is 0 Å². The van der Waals surface area contributed by atoms with E-state index in [1.54, 1.807) is 0 Å². The number of fused-ring (bicyclic) bond motifs is 1. The zero-order valence-electron chi connectivity index (χ0n) is 21.9. The van der Waals surface area contributed by atoms with Crippen molar-refractivity contribution in [3.05, 3.63) is 70.9 Å². The summed E-state index contributed by atoms with van der Waals surface area (Å²) in [5, 5.41) is 6.36. The standard InChI is InChI=1S/C26H22F7N7O2/c1-11(21-16(28)4-13(27)5-17(21)29)39-8-18(30)19(9-39)38-24(41)14-3-12(7-35-25(14)42-2)20-6-15(26(31,32)33)22-23(34)36-10-37-40(20)22/h3-7,10-11,18-19H,8-9H2,1-2H3,(H,38,41)(H2,34,36,37)/t11?,18-,19+/m0/s1. The number of nitrogen functional groups attached to an aromatic ring is 1. The van der Waals surface area contributed by atoms with E-state index >= 15 is 4.39 Å². The first kappa shape index (κ1) is 29.0. The first-order chi connectivity index (χ1) is 19.8. The molecule has 1 saturated heterocycles. The van der Waals surface area contributed by atoms with Gasteiger partial charge in [0.05, 0.1) is 24.4 Å². The number of hydrogen-bond acceptors (Lipinski definition) is 7. The van der Waals surface area contributed by atoms with Gasteiger partial charge in [0.2, 0.25) is 5.88 Å². The van der Waals surface area contributed by atoms with Crippen LogP contribution in [0, 0.1) is 17.5 Å². The van der Waals surface area contributed by atoms with E-state index in [0.717, 1.165) is 16.9 Å². The average Bonchev–Trinajstić information content (AvgIpc) is 3.49. The predicted octanol–water partition coefficient (Wildman–Crippen LogP) is 4.33. The summed E-state index contributed by atoms with van der Waals surface area (Å²) in [6.07, 6.45) is -4.33. The molecule has 4 aromatic rings. The highest BCUT2D eigenvalue weighted by Crippen LogP contribution is 2.39. The number of anilines is 1. The Morgan fingerprint density at radius 1 is 1.12 bits per heavy atom. The summed E-state index contributed by atoms with van der Waals surface area (Å²) in [6, 6.07) is 0.898. The van der Waals surface area contributed by atoms with E-state index in [1.165, 1.54) is 31.2 Å². The van der Waals surface area contributed by atoms with Gasteiger partial charge < -0.3 is 15.8 Å². The monoisotopic (exact) mass is 597 g/mol. The number of carbonyl (C=O) groups is 1. The van der Waals surface area contributed by atoms with Crippen LogP contribution in [-0.2, 0) is 6.18 Å². The number of methoxy groups -OCH3 is 1. The zero-order chi connectivity index (χ0) is 30.5. The van der Waals surface area contributed by atoms with E-state index in [9.17, 15) is 31.1 Å². The molecule has 222 valence electrons. The zero-order valence-corrected chi connectivity index (χ0v) is 21.9. The van der Waals surface area contributed by atoms with Crippen molar-refractivity contribution in [1.29, 1.82) is 0 Å². The highest BCUT2D eigenvalue weighted by atomic mass is 19.4. The maximum Gasteiger partial charge on any atom is 0.418 e. The van der Waals surface area contributed by atoms with Gasteiger partial charge in [0.15, 0.2) is 5.82 Å². The van der Waals surface area contributed by atoms with E-state index in [0.29, 0.717) is 12.1 Å². The molecule has 1 aliphatic rings. The van der Waals surface area contributed by atoms with Crippen molar-refractivity contribution in [2.75, 3.05) is 25.9 Å². The smallest absolute Gasteiger partial charge is 0.418 e. The number of benzene rings is 1. The van der Waals surface area contributed by atoms with E-state index in [-0.39, 0.29) is 35.8 Å². The lowest BCUT2D eigenvalue weighted by Gasteiger charge is -2.25. The molecule has 9 nitrogen and oxygen atoms in total. The highest BCUT2D eigenvalue weighted by Gasteiger charge is 2.39. The summed E-state index contributed by atoms with van der Waals surface area (Å²) in [5.41, 5.74) is 3.35. The molecule has 3 N–H and O–H groups in total. The molecule has 5 rings (SSSR count). The number of halogens is 7.